The zero-order valence-corrected chi connectivity index (χ0v) is 21.3. The van der Waals surface area contributed by atoms with Gasteiger partial charge in [-0.2, -0.15) is 0 Å². The molecule has 0 fully saturated rings. The monoisotopic (exact) mass is 498 g/mol. The van der Waals surface area contributed by atoms with Gasteiger partial charge in [-0.1, -0.05) is 37.3 Å². The molecular formula is C24H26N4O4S2. The third-order valence-corrected chi connectivity index (χ3v) is 7.33. The van der Waals surface area contributed by atoms with Crippen molar-refractivity contribution in [1.29, 1.82) is 0 Å². The number of nitrogens with zero attached hydrogens (tertiary/aromatic N) is 4. The van der Waals surface area contributed by atoms with Crippen molar-refractivity contribution in [3.8, 4) is 5.75 Å². The molecule has 1 aliphatic rings. The van der Waals surface area contributed by atoms with Gasteiger partial charge in [-0.3, -0.25) is 14.5 Å². The van der Waals surface area contributed by atoms with E-state index in [1.165, 1.54) is 27.6 Å². The summed E-state index contributed by atoms with van der Waals surface area (Å²) in [6.07, 6.45) is 0.900. The first-order valence-electron chi connectivity index (χ1n) is 11.0. The Balaban J connectivity index is 1.79. The van der Waals surface area contributed by atoms with E-state index in [2.05, 4.69) is 29.0 Å². The number of aliphatic hydroxyl groups is 1. The van der Waals surface area contributed by atoms with Crippen molar-refractivity contribution >= 4 is 39.5 Å². The number of hydrogen-bond acceptors (Lipinski definition) is 9. The van der Waals surface area contributed by atoms with Gasteiger partial charge >= 0.3 is 0 Å². The Hall–Kier alpha value is -3.11. The lowest BCUT2D eigenvalue weighted by atomic mass is 9.95. The lowest BCUT2D eigenvalue weighted by Crippen LogP contribution is -2.31. The van der Waals surface area contributed by atoms with Crippen molar-refractivity contribution in [2.75, 3.05) is 11.5 Å². The quantitative estimate of drug-likeness (QED) is 0.429. The summed E-state index contributed by atoms with van der Waals surface area (Å²) in [5, 5.41) is 20.8. The Bertz CT molecular complexity index is 1280. The molecule has 3 aromatic rings. The molecular weight excluding hydrogens is 472 g/mol. The molecule has 1 aromatic carbocycles. The first kappa shape index (κ1) is 24.0. The van der Waals surface area contributed by atoms with Gasteiger partial charge < -0.3 is 9.84 Å². The highest BCUT2D eigenvalue weighted by Gasteiger charge is 2.46. The average Bonchev–Trinajstić information content (AvgIpc) is 3.43. The molecule has 1 aliphatic heterocycles. The second-order valence-corrected chi connectivity index (χ2v) is 10.9. The third-order valence-electron chi connectivity index (χ3n) is 5.42. The first-order chi connectivity index (χ1) is 16.2. The summed E-state index contributed by atoms with van der Waals surface area (Å²) >= 11 is 2.46. The SMILES string of the molecule is Cc1nnc(N2C(=O)C(O)=C(C(=O)c3sc(C)nc3C)C2c2cccc(OCCC(C)C)c2)s1. The fraction of sp³-hybridized carbons (Fsp3) is 0.375. The number of aromatic nitrogens is 3. The predicted octanol–water partition coefficient (Wildman–Crippen LogP) is 5.13. The minimum Gasteiger partial charge on any atom is -0.503 e. The summed E-state index contributed by atoms with van der Waals surface area (Å²) in [4.78, 5) is 33.0. The Labute approximate surface area is 205 Å². The molecule has 3 heterocycles. The van der Waals surface area contributed by atoms with Crippen LogP contribution in [0.25, 0.3) is 0 Å². The summed E-state index contributed by atoms with van der Waals surface area (Å²) in [5.74, 6) is -0.563. The van der Waals surface area contributed by atoms with Crippen LogP contribution in [0.15, 0.2) is 35.6 Å². The number of aryl methyl sites for hydroxylation is 3. The molecule has 0 bridgehead atoms. The van der Waals surface area contributed by atoms with Crippen LogP contribution in [-0.4, -0.2) is 38.6 Å². The minimum absolute atomic E-state index is 0.00364. The van der Waals surface area contributed by atoms with Crippen LogP contribution < -0.4 is 9.64 Å². The Morgan fingerprint density at radius 1 is 1.18 bits per heavy atom. The number of rotatable bonds is 8. The first-order valence-corrected chi connectivity index (χ1v) is 12.6. The largest absolute Gasteiger partial charge is 0.503 e. The summed E-state index contributed by atoms with van der Waals surface area (Å²) in [6, 6.07) is 6.39. The Morgan fingerprint density at radius 3 is 2.56 bits per heavy atom. The molecule has 10 heteroatoms. The summed E-state index contributed by atoms with van der Waals surface area (Å²) in [6.45, 7) is 10.1. The van der Waals surface area contributed by atoms with Gasteiger partial charge in [-0.15, -0.1) is 21.5 Å². The molecule has 0 saturated heterocycles. The smallest absolute Gasteiger partial charge is 0.296 e. The number of carbonyl (C=O) groups is 2. The zero-order chi connectivity index (χ0) is 24.6. The topological polar surface area (TPSA) is 106 Å². The Kier molecular flexibility index (Phi) is 6.81. The van der Waals surface area contributed by atoms with Crippen molar-refractivity contribution in [3.63, 3.8) is 0 Å². The maximum absolute atomic E-state index is 13.6. The second kappa shape index (κ2) is 9.63. The minimum atomic E-state index is -0.872. The molecule has 0 saturated carbocycles. The zero-order valence-electron chi connectivity index (χ0n) is 19.7. The number of carbonyl (C=O) groups excluding carboxylic acids is 2. The predicted molar refractivity (Wildman–Crippen MR) is 132 cm³/mol. The number of aliphatic hydroxyl groups excluding tert-OH is 1. The van der Waals surface area contributed by atoms with Crippen LogP contribution in [0.2, 0.25) is 0 Å². The van der Waals surface area contributed by atoms with Gasteiger partial charge in [0.2, 0.25) is 10.9 Å². The molecule has 0 radical (unpaired) electrons. The molecule has 1 amide bonds. The van der Waals surface area contributed by atoms with Crippen molar-refractivity contribution in [3.05, 3.63) is 61.7 Å². The lowest BCUT2D eigenvalue weighted by molar-refractivity contribution is -0.117. The van der Waals surface area contributed by atoms with Crippen LogP contribution >= 0.6 is 22.7 Å². The van der Waals surface area contributed by atoms with Crippen molar-refractivity contribution in [2.24, 2.45) is 5.92 Å². The van der Waals surface area contributed by atoms with Gasteiger partial charge in [0, 0.05) is 0 Å². The van der Waals surface area contributed by atoms with Crippen LogP contribution in [0.1, 0.15) is 57.3 Å². The number of Topliss-reactive ketones (excluding diaryl/α,β-unsaturated/α-hetero) is 1. The van der Waals surface area contributed by atoms with E-state index < -0.39 is 23.5 Å². The van der Waals surface area contributed by atoms with Crippen molar-refractivity contribution in [1.82, 2.24) is 15.2 Å². The molecule has 0 aliphatic carbocycles. The molecule has 2 aromatic heterocycles. The van der Waals surface area contributed by atoms with E-state index >= 15 is 0 Å². The van der Waals surface area contributed by atoms with Crippen LogP contribution in [0.4, 0.5) is 5.13 Å². The summed E-state index contributed by atoms with van der Waals surface area (Å²) < 4.78 is 5.92. The van der Waals surface area contributed by atoms with E-state index in [1.54, 1.807) is 19.9 Å². The molecule has 0 spiro atoms. The van der Waals surface area contributed by atoms with Gasteiger partial charge in [-0.05, 0) is 50.8 Å². The molecule has 8 nitrogen and oxygen atoms in total. The number of amides is 1. The van der Waals surface area contributed by atoms with Crippen molar-refractivity contribution in [2.45, 2.75) is 47.1 Å². The van der Waals surface area contributed by atoms with E-state index in [-0.39, 0.29) is 5.57 Å². The van der Waals surface area contributed by atoms with Gasteiger partial charge in [0.25, 0.3) is 5.91 Å². The molecule has 1 atom stereocenters. The highest BCUT2D eigenvalue weighted by atomic mass is 32.1. The van der Waals surface area contributed by atoms with E-state index in [0.717, 1.165) is 11.4 Å². The van der Waals surface area contributed by atoms with Crippen LogP contribution in [0.5, 0.6) is 5.75 Å². The van der Waals surface area contributed by atoms with E-state index in [9.17, 15) is 14.7 Å². The highest BCUT2D eigenvalue weighted by molar-refractivity contribution is 7.15. The normalized spacial score (nSPS) is 16.1. The van der Waals surface area contributed by atoms with Crippen LogP contribution in [0, 0.1) is 26.7 Å². The Morgan fingerprint density at radius 2 is 1.94 bits per heavy atom. The number of thiazole rings is 1. The van der Waals surface area contributed by atoms with E-state index in [4.69, 9.17) is 4.74 Å². The van der Waals surface area contributed by atoms with Crippen LogP contribution in [0.3, 0.4) is 0 Å². The molecule has 1 unspecified atom stereocenters. The molecule has 34 heavy (non-hydrogen) atoms. The number of hydrogen-bond donors (Lipinski definition) is 1. The van der Waals surface area contributed by atoms with Gasteiger partial charge in [0.1, 0.15) is 10.8 Å². The number of benzene rings is 1. The van der Waals surface area contributed by atoms with Gasteiger partial charge in [-0.25, -0.2) is 4.98 Å². The average molecular weight is 499 g/mol. The number of ether oxygens (including phenoxy) is 1. The third kappa shape index (κ3) is 4.60. The number of anilines is 1. The fourth-order valence-electron chi connectivity index (χ4n) is 3.78. The van der Waals surface area contributed by atoms with Crippen LogP contribution in [-0.2, 0) is 4.79 Å². The maximum Gasteiger partial charge on any atom is 0.296 e. The highest BCUT2D eigenvalue weighted by Crippen LogP contribution is 2.44. The molecule has 178 valence electrons. The summed E-state index contributed by atoms with van der Waals surface area (Å²) in [5.41, 5.74) is 1.20. The lowest BCUT2D eigenvalue weighted by Gasteiger charge is -2.24. The summed E-state index contributed by atoms with van der Waals surface area (Å²) in [7, 11) is 0. The molecule has 1 N–H and O–H groups in total. The fourth-order valence-corrected chi connectivity index (χ4v) is 5.37. The molecule has 4 rings (SSSR count). The number of ketones is 1. The van der Waals surface area contributed by atoms with Gasteiger partial charge in [0.15, 0.2) is 5.76 Å². The second-order valence-electron chi connectivity index (χ2n) is 8.52. The van der Waals surface area contributed by atoms with E-state index in [1.807, 2.05) is 25.1 Å². The van der Waals surface area contributed by atoms with Gasteiger partial charge in [0.05, 0.1) is 33.8 Å². The van der Waals surface area contributed by atoms with Crippen molar-refractivity contribution < 1.29 is 19.4 Å². The van der Waals surface area contributed by atoms with E-state index in [0.29, 0.717) is 44.5 Å². The maximum atomic E-state index is 13.6. The standard InChI is InChI=1S/C24H26N4O4S2/c1-12(2)9-10-32-17-8-6-7-16(11-17)19-18(20(29)22-13(3)25-14(4)33-22)21(30)23(31)28(19)24-27-26-15(5)34-24/h6-8,11-12,19,30H,9-10H2,1-5H3.